The first-order valence-corrected chi connectivity index (χ1v) is 8.21. The van der Waals surface area contributed by atoms with Crippen molar-refractivity contribution in [2.24, 2.45) is 5.92 Å². The summed E-state index contributed by atoms with van der Waals surface area (Å²) < 4.78 is 10.5. The molecule has 142 valence electrons. The predicted octanol–water partition coefficient (Wildman–Crippen LogP) is 3.97. The van der Waals surface area contributed by atoms with Gasteiger partial charge in [-0.1, -0.05) is 37.3 Å². The van der Waals surface area contributed by atoms with Gasteiger partial charge in [-0.2, -0.15) is 0 Å². The zero-order chi connectivity index (χ0) is 19.8. The van der Waals surface area contributed by atoms with Gasteiger partial charge in [0.25, 0.3) is 0 Å². The Morgan fingerprint density at radius 1 is 1.15 bits per heavy atom. The van der Waals surface area contributed by atoms with Crippen LogP contribution in [0.1, 0.15) is 18.6 Å². The summed E-state index contributed by atoms with van der Waals surface area (Å²) >= 11 is 0. The molecule has 0 aliphatic rings. The molecule has 7 heteroatoms. The number of anilines is 1. The fourth-order valence-electron chi connectivity index (χ4n) is 2.48. The molecule has 0 bridgehead atoms. The Kier molecular flexibility index (Phi) is 6.82. The Labute approximate surface area is 156 Å². The number of hydrogen-bond acceptors (Lipinski definition) is 5. The number of benzene rings is 2. The molecule has 0 aliphatic carbocycles. The van der Waals surface area contributed by atoms with Crippen LogP contribution in [0.25, 0.3) is 0 Å². The first-order chi connectivity index (χ1) is 12.9. The lowest BCUT2D eigenvalue weighted by molar-refractivity contribution is -0.131. The van der Waals surface area contributed by atoms with Gasteiger partial charge in [0.2, 0.25) is 0 Å². The van der Waals surface area contributed by atoms with E-state index in [4.69, 9.17) is 14.6 Å². The number of phenols is 1. The summed E-state index contributed by atoms with van der Waals surface area (Å²) in [5, 5.41) is 21.5. The van der Waals surface area contributed by atoms with Crippen molar-refractivity contribution in [1.82, 2.24) is 0 Å². The van der Waals surface area contributed by atoms with Crippen molar-refractivity contribution in [2.45, 2.75) is 13.0 Å². The molecule has 2 atom stereocenters. The topological polar surface area (TPSA) is 105 Å². The number of nitrogens with one attached hydrogen (secondary N) is 1. The van der Waals surface area contributed by atoms with Crippen LogP contribution in [0.4, 0.5) is 10.5 Å². The lowest BCUT2D eigenvalue weighted by Crippen LogP contribution is -2.21. The minimum absolute atomic E-state index is 0.110. The molecular weight excluding hydrogens is 350 g/mol. The molecule has 27 heavy (non-hydrogen) atoms. The molecule has 0 aliphatic heterocycles. The SMILES string of the molecule is COc1ccc([C@@H](OC(=O)Nc2ccccc2)[C@@H](C)/C=C/C(=O)O)cc1O. The van der Waals surface area contributed by atoms with Crippen LogP contribution >= 0.6 is 0 Å². The van der Waals surface area contributed by atoms with E-state index in [2.05, 4.69) is 5.32 Å². The minimum atomic E-state index is -1.10. The third kappa shape index (κ3) is 5.78. The number of aromatic hydroxyl groups is 1. The number of para-hydroxylation sites is 1. The van der Waals surface area contributed by atoms with Crippen LogP contribution < -0.4 is 10.1 Å². The maximum Gasteiger partial charge on any atom is 0.412 e. The van der Waals surface area contributed by atoms with E-state index in [-0.39, 0.29) is 11.5 Å². The van der Waals surface area contributed by atoms with Crippen molar-refractivity contribution in [3.05, 3.63) is 66.2 Å². The van der Waals surface area contributed by atoms with Crippen LogP contribution in [-0.4, -0.2) is 29.4 Å². The molecule has 0 saturated heterocycles. The van der Waals surface area contributed by atoms with Crippen LogP contribution in [0.15, 0.2) is 60.7 Å². The number of phenolic OH excluding ortho intramolecular Hbond substituents is 1. The molecule has 2 aromatic rings. The smallest absolute Gasteiger partial charge is 0.412 e. The monoisotopic (exact) mass is 371 g/mol. The van der Waals surface area contributed by atoms with Crippen LogP contribution in [0, 0.1) is 5.92 Å². The molecule has 1 amide bonds. The molecule has 0 heterocycles. The van der Waals surface area contributed by atoms with Gasteiger partial charge in [-0.15, -0.1) is 0 Å². The summed E-state index contributed by atoms with van der Waals surface area (Å²) in [6.07, 6.45) is 0.891. The van der Waals surface area contributed by atoms with Crippen molar-refractivity contribution < 1.29 is 29.3 Å². The number of aliphatic carboxylic acids is 1. The molecular formula is C20H21NO6. The van der Waals surface area contributed by atoms with E-state index >= 15 is 0 Å². The molecule has 0 saturated carbocycles. The highest BCUT2D eigenvalue weighted by Gasteiger charge is 2.23. The van der Waals surface area contributed by atoms with Crippen molar-refractivity contribution in [1.29, 1.82) is 0 Å². The average Bonchev–Trinajstić information content (AvgIpc) is 2.65. The van der Waals surface area contributed by atoms with Crippen molar-refractivity contribution in [2.75, 3.05) is 12.4 Å². The fraction of sp³-hybridized carbons (Fsp3) is 0.200. The van der Waals surface area contributed by atoms with E-state index in [1.807, 2.05) is 6.07 Å². The summed E-state index contributed by atoms with van der Waals surface area (Å²) in [6, 6.07) is 13.4. The van der Waals surface area contributed by atoms with Gasteiger partial charge in [0, 0.05) is 17.7 Å². The van der Waals surface area contributed by atoms with Crippen LogP contribution in [0.3, 0.4) is 0 Å². The number of carbonyl (C=O) groups is 2. The van der Waals surface area contributed by atoms with E-state index in [1.165, 1.54) is 19.3 Å². The number of amides is 1. The zero-order valence-electron chi connectivity index (χ0n) is 15.0. The molecule has 0 spiro atoms. The minimum Gasteiger partial charge on any atom is -0.504 e. The molecule has 0 radical (unpaired) electrons. The van der Waals surface area contributed by atoms with Gasteiger partial charge in [0.05, 0.1) is 7.11 Å². The zero-order valence-corrected chi connectivity index (χ0v) is 15.0. The summed E-state index contributed by atoms with van der Waals surface area (Å²) in [7, 11) is 1.42. The number of carbonyl (C=O) groups excluding carboxylic acids is 1. The highest BCUT2D eigenvalue weighted by atomic mass is 16.6. The maximum absolute atomic E-state index is 12.3. The van der Waals surface area contributed by atoms with E-state index < -0.39 is 24.1 Å². The van der Waals surface area contributed by atoms with Gasteiger partial charge in [-0.25, -0.2) is 9.59 Å². The van der Waals surface area contributed by atoms with Crippen LogP contribution in [0.2, 0.25) is 0 Å². The highest BCUT2D eigenvalue weighted by Crippen LogP contribution is 2.34. The Balaban J connectivity index is 2.24. The van der Waals surface area contributed by atoms with Crippen LogP contribution in [0.5, 0.6) is 11.5 Å². The number of hydrogen-bond donors (Lipinski definition) is 3. The van der Waals surface area contributed by atoms with E-state index in [0.717, 1.165) is 6.08 Å². The largest absolute Gasteiger partial charge is 0.504 e. The maximum atomic E-state index is 12.3. The average molecular weight is 371 g/mol. The van der Waals surface area contributed by atoms with E-state index in [0.29, 0.717) is 11.3 Å². The Bertz CT molecular complexity index is 818. The third-order valence-corrected chi connectivity index (χ3v) is 3.81. The molecule has 0 aromatic heterocycles. The quantitative estimate of drug-likeness (QED) is 0.636. The van der Waals surface area contributed by atoms with Gasteiger partial charge in [0.15, 0.2) is 11.5 Å². The van der Waals surface area contributed by atoms with Crippen molar-refractivity contribution in [3.8, 4) is 11.5 Å². The summed E-state index contributed by atoms with van der Waals surface area (Å²) in [6.45, 7) is 1.71. The fourth-order valence-corrected chi connectivity index (χ4v) is 2.48. The van der Waals surface area contributed by atoms with E-state index in [1.54, 1.807) is 43.3 Å². The number of carboxylic acids is 1. The second-order valence-electron chi connectivity index (χ2n) is 5.80. The number of rotatable bonds is 7. The molecule has 0 fully saturated rings. The summed E-state index contributed by atoms with van der Waals surface area (Å²) in [4.78, 5) is 23.1. The number of methoxy groups -OCH3 is 1. The first kappa shape index (κ1) is 19.8. The summed E-state index contributed by atoms with van der Waals surface area (Å²) in [5.74, 6) is -1.40. The summed E-state index contributed by atoms with van der Waals surface area (Å²) in [5.41, 5.74) is 1.06. The standard InChI is InChI=1S/C20H21NO6/c1-13(8-11-18(23)24)19(14-9-10-17(26-2)16(22)12-14)27-20(25)21-15-6-4-3-5-7-15/h3-13,19,22H,1-2H3,(H,21,25)(H,23,24)/b11-8+/t13-,19-/m0/s1. The van der Waals surface area contributed by atoms with E-state index in [9.17, 15) is 14.7 Å². The van der Waals surface area contributed by atoms with Crippen molar-refractivity contribution in [3.63, 3.8) is 0 Å². The second-order valence-corrected chi connectivity index (χ2v) is 5.80. The van der Waals surface area contributed by atoms with Gasteiger partial charge >= 0.3 is 12.1 Å². The third-order valence-electron chi connectivity index (χ3n) is 3.81. The lowest BCUT2D eigenvalue weighted by atomic mass is 9.96. The number of ether oxygens (including phenoxy) is 2. The predicted molar refractivity (Wildman–Crippen MR) is 99.9 cm³/mol. The number of carboxylic acid groups (broad SMARTS) is 1. The Morgan fingerprint density at radius 2 is 1.85 bits per heavy atom. The Hall–Kier alpha value is -3.48. The van der Waals surface area contributed by atoms with Gasteiger partial charge < -0.3 is 19.7 Å². The van der Waals surface area contributed by atoms with Gasteiger partial charge in [-0.05, 0) is 29.8 Å². The molecule has 0 unspecified atom stereocenters. The van der Waals surface area contributed by atoms with Crippen molar-refractivity contribution >= 4 is 17.7 Å². The second kappa shape index (κ2) is 9.28. The molecule has 7 nitrogen and oxygen atoms in total. The highest BCUT2D eigenvalue weighted by molar-refractivity contribution is 5.84. The van der Waals surface area contributed by atoms with Gasteiger partial charge in [-0.3, -0.25) is 5.32 Å². The van der Waals surface area contributed by atoms with Gasteiger partial charge in [0.1, 0.15) is 6.10 Å². The normalized spacial score (nSPS) is 13.0. The van der Waals surface area contributed by atoms with Crippen LogP contribution in [-0.2, 0) is 9.53 Å². The Morgan fingerprint density at radius 3 is 2.44 bits per heavy atom. The molecule has 2 rings (SSSR count). The lowest BCUT2D eigenvalue weighted by Gasteiger charge is -2.23. The first-order valence-electron chi connectivity index (χ1n) is 8.21. The molecule has 3 N–H and O–H groups in total. The molecule has 2 aromatic carbocycles.